The van der Waals surface area contributed by atoms with Crippen LogP contribution in [0.5, 0.6) is 0 Å². The first kappa shape index (κ1) is 118. The second kappa shape index (κ2) is 55.3. The molecule has 4 fully saturated rings. The van der Waals surface area contributed by atoms with Crippen LogP contribution in [0.3, 0.4) is 0 Å². The summed E-state index contributed by atoms with van der Waals surface area (Å²) in [4.78, 5) is 120. The van der Waals surface area contributed by atoms with Gasteiger partial charge < -0.3 is 117 Å². The molecule has 8 aliphatic rings. The first-order valence-electron chi connectivity index (χ1n) is 52.6. The van der Waals surface area contributed by atoms with E-state index >= 15 is 19.2 Å². The summed E-state index contributed by atoms with van der Waals surface area (Å²) in [6.07, 6.45) is 11.9. The Morgan fingerprint density at radius 2 is 0.461 bits per heavy atom. The van der Waals surface area contributed by atoms with Crippen LogP contribution in [0.15, 0.2) is 90.4 Å². The van der Waals surface area contributed by atoms with Gasteiger partial charge in [0.05, 0.1) is 24.5 Å². The lowest BCUT2D eigenvalue weighted by Gasteiger charge is -2.42. The Bertz CT molecular complexity index is 3990. The van der Waals surface area contributed by atoms with Gasteiger partial charge in [-0.3, -0.25) is 9.59 Å². The first-order chi connectivity index (χ1) is 66.5. The molecule has 0 atom stereocenters. The SMILES string of the molecule is [C-]#[N+]/C(C(=O)OCC(COC(=O)/C(C#N)=C1\CC(C)(C)CC(N2CCCC2)=C1N(C)CCN(C)CCN(C)CCN(C)C)(COC(=O)/C(C#N)=C1\CC(C)(C)CC(N2CCCC2)=C1N(C)CCN(C)CCN(C)CCN(C)C)COC(=O)/C([N+]#[C-])=C1/CC(C)(C)CC(N2CCCC2)=C1N(C)CCN(C)CCN(C)CCN(C)C)=C1/CC(C)(C)CC(N2CCCC2)=C1N(C)CCN(C)CCN(C)CCN(C)C. The minimum atomic E-state index is -2.12. The average molecular weight is 1960 g/mol. The van der Waals surface area contributed by atoms with Crippen molar-refractivity contribution < 1.29 is 38.1 Å². The van der Waals surface area contributed by atoms with Crippen molar-refractivity contribution >= 4 is 23.9 Å². The number of hydrogen-bond donors (Lipinski definition) is 0. The fraction of sp³-hybridized carbons (Fsp3) is 0.780. The summed E-state index contributed by atoms with van der Waals surface area (Å²) in [5.74, 6) is -4.02. The average Bonchev–Trinajstić information content (AvgIpc) is 1.74. The van der Waals surface area contributed by atoms with E-state index in [9.17, 15) is 23.7 Å². The summed E-state index contributed by atoms with van der Waals surface area (Å²) in [5, 5.41) is 24.0. The lowest BCUT2D eigenvalue weighted by atomic mass is 9.73. The van der Waals surface area contributed by atoms with Crippen molar-refractivity contribution in [2.24, 2.45) is 27.1 Å². The van der Waals surface area contributed by atoms with Crippen LogP contribution in [0.25, 0.3) is 9.69 Å². The third-order valence-corrected chi connectivity index (χ3v) is 29.8. The molecule has 4 aliphatic heterocycles. The van der Waals surface area contributed by atoms with Crippen molar-refractivity contribution in [3.05, 3.63) is 113 Å². The minimum absolute atomic E-state index is 0.240. The maximum absolute atomic E-state index is 16.4. The molecule has 141 heavy (non-hydrogen) atoms. The third kappa shape index (κ3) is 36.1. The number of nitriles is 2. The van der Waals surface area contributed by atoms with E-state index < -0.39 is 77.4 Å². The number of likely N-dealkylation sites (N-methyl/N-ethyl adjacent to an activating group) is 16. The molecule has 0 aromatic rings. The van der Waals surface area contributed by atoms with Crippen LogP contribution in [0.1, 0.15) is 158 Å². The van der Waals surface area contributed by atoms with Gasteiger partial charge in [-0.2, -0.15) is 10.5 Å². The second-order valence-corrected chi connectivity index (χ2v) is 47.0. The maximum atomic E-state index is 16.4. The van der Waals surface area contributed by atoms with Gasteiger partial charge in [0.15, 0.2) is 0 Å². The van der Waals surface area contributed by atoms with Gasteiger partial charge in [-0.05, 0) is 248 Å². The number of ether oxygens (including phenoxy) is 4. The maximum Gasteiger partial charge on any atom is 0.349 e. The lowest BCUT2D eigenvalue weighted by Crippen LogP contribution is -2.45. The fourth-order valence-corrected chi connectivity index (χ4v) is 20.8. The Morgan fingerprint density at radius 1 is 0.284 bits per heavy atom. The molecular weight excluding hydrogens is 1770 g/mol. The van der Waals surface area contributed by atoms with Gasteiger partial charge >= 0.3 is 23.9 Å². The quantitative estimate of drug-likeness (QED) is 0.0181. The molecule has 0 aromatic carbocycles. The van der Waals surface area contributed by atoms with Crippen LogP contribution >= 0.6 is 0 Å². The normalized spacial score (nSPS) is 20.0. The molecule has 0 saturated carbocycles. The van der Waals surface area contributed by atoms with Gasteiger partial charge in [0.25, 0.3) is 11.4 Å². The zero-order valence-electron chi connectivity index (χ0n) is 93.3. The summed E-state index contributed by atoms with van der Waals surface area (Å²) in [6.45, 7) is 58.4. The molecule has 0 N–H and O–H groups in total. The van der Waals surface area contributed by atoms with Gasteiger partial charge in [-0.15, -0.1) is 0 Å². The molecule has 0 amide bonds. The van der Waals surface area contributed by atoms with Gasteiger partial charge in [0, 0.05) is 283 Å². The zero-order valence-corrected chi connectivity index (χ0v) is 93.3. The van der Waals surface area contributed by atoms with Gasteiger partial charge in [-0.25, -0.2) is 19.3 Å². The topological polar surface area (TPSA) is 226 Å². The number of carbonyl (C=O) groups is 4. The van der Waals surface area contributed by atoms with E-state index in [0.717, 1.165) is 254 Å². The summed E-state index contributed by atoms with van der Waals surface area (Å²) in [6, 6.07) is 4.79. The van der Waals surface area contributed by atoms with E-state index in [0.29, 0.717) is 126 Å². The van der Waals surface area contributed by atoms with Crippen molar-refractivity contribution in [3.63, 3.8) is 0 Å². The highest BCUT2D eigenvalue weighted by atomic mass is 16.6. The Labute approximate surface area is 853 Å². The highest BCUT2D eigenvalue weighted by Crippen LogP contribution is 2.51. The lowest BCUT2D eigenvalue weighted by molar-refractivity contribution is -0.165. The number of rotatable bonds is 56. The molecule has 0 unspecified atom stereocenters. The van der Waals surface area contributed by atoms with Crippen molar-refractivity contribution in [3.8, 4) is 12.1 Å². The highest BCUT2D eigenvalue weighted by Gasteiger charge is 2.47. The van der Waals surface area contributed by atoms with E-state index in [4.69, 9.17) is 18.9 Å². The number of hydrogen-bond acceptors (Lipinski definition) is 30. The van der Waals surface area contributed by atoms with Crippen LogP contribution in [0.2, 0.25) is 0 Å². The smallest absolute Gasteiger partial charge is 0.349 e. The highest BCUT2D eigenvalue weighted by molar-refractivity contribution is 5.96. The van der Waals surface area contributed by atoms with E-state index in [2.05, 4.69) is 288 Å². The van der Waals surface area contributed by atoms with Crippen LogP contribution in [-0.2, 0) is 38.1 Å². The van der Waals surface area contributed by atoms with Crippen molar-refractivity contribution in [1.29, 1.82) is 10.5 Å². The van der Waals surface area contributed by atoms with Gasteiger partial charge in [0.2, 0.25) is 0 Å². The fourth-order valence-electron chi connectivity index (χ4n) is 20.8. The first-order valence-corrected chi connectivity index (χ1v) is 52.6. The van der Waals surface area contributed by atoms with Crippen LogP contribution < -0.4 is 0 Å². The van der Waals surface area contributed by atoms with E-state index in [1.165, 1.54) is 0 Å². The van der Waals surface area contributed by atoms with Crippen molar-refractivity contribution in [1.82, 2.24) is 98.0 Å². The van der Waals surface area contributed by atoms with Crippen LogP contribution in [0.4, 0.5) is 0 Å². The monoisotopic (exact) mass is 1960 g/mol. The molecule has 0 bridgehead atoms. The Morgan fingerprint density at radius 3 is 0.652 bits per heavy atom. The van der Waals surface area contributed by atoms with Crippen LogP contribution in [-0.4, -0.2) is 499 Å². The van der Waals surface area contributed by atoms with Gasteiger partial charge in [0.1, 0.15) is 55.1 Å². The number of nitrogens with zero attached hydrogens (tertiary/aromatic N) is 24. The predicted octanol–water partition coefficient (Wildman–Crippen LogP) is 10.1. The van der Waals surface area contributed by atoms with Gasteiger partial charge in [-0.1, -0.05) is 55.4 Å². The summed E-state index contributed by atoms with van der Waals surface area (Å²) in [5.41, 5.74) is 4.54. The Balaban J connectivity index is 1.35. The summed E-state index contributed by atoms with van der Waals surface area (Å²) >= 11 is 0. The third-order valence-electron chi connectivity index (χ3n) is 29.8. The number of allylic oxidation sites excluding steroid dienone is 8. The minimum Gasteiger partial charge on any atom is -0.470 e. The molecule has 4 saturated heterocycles. The molecule has 4 heterocycles. The molecule has 4 aliphatic carbocycles. The predicted molar refractivity (Wildman–Crippen MR) is 567 cm³/mol. The van der Waals surface area contributed by atoms with Crippen molar-refractivity contribution in [2.45, 2.75) is 158 Å². The molecule has 0 spiro atoms. The molecule has 32 heteroatoms. The van der Waals surface area contributed by atoms with Crippen LogP contribution in [0, 0.1) is 62.9 Å². The molecule has 8 rings (SSSR count). The molecule has 792 valence electrons. The van der Waals surface area contributed by atoms with E-state index in [-0.39, 0.29) is 22.5 Å². The summed E-state index contributed by atoms with van der Waals surface area (Å²) < 4.78 is 27.3. The zero-order chi connectivity index (χ0) is 104. The molecule has 32 nitrogen and oxygen atoms in total. The Hall–Kier alpha value is -8.32. The number of carbonyl (C=O) groups excluding carboxylic acids is 4. The van der Waals surface area contributed by atoms with E-state index in [1.54, 1.807) is 0 Å². The molecule has 0 aromatic heterocycles. The number of likely N-dealkylation sites (tertiary alicyclic amines) is 4. The summed E-state index contributed by atoms with van der Waals surface area (Å²) in [7, 11) is 42.0. The number of esters is 4. The standard InChI is InChI=1S/C109H188N24O8/c1-105(2)71-85(97(91(75-105)130-39-31-32-40-130)126(27)67-63-122(23)59-55-118(19)51-47-114(11)12)89(79-110)101(134)138-81-109(82-139-102(135)90(80-111)86-72-106(3,4)76-92(131-41-33-34-42-131)98(86)127(28)68-64-123(24)60-56-119(20)52-48-115(13)14,83-140-103(136)95(112-9)87-73-107(5,6)77-93(132-43-35-36-44-132)99(87)128(29)69-65-124(25)61-57-120(21)53-49-116(15)16)84-141-104(137)96(113-10)88-74-108(7,8)78-94(133-45-37-38-46-133)100(88)129(30)70-66-125(26)62-58-121(22)54-50-117(17)18/h31-78,81-84H2,1-8,11-30H3/b89-85+,90-86+,95-87-,96-88+. The second-order valence-electron chi connectivity index (χ2n) is 47.0. The molecular formula is C109H188N24O8. The largest absolute Gasteiger partial charge is 0.470 e. The molecule has 0 radical (unpaired) electrons. The Kier molecular flexibility index (Phi) is 46.2. The van der Waals surface area contributed by atoms with Crippen molar-refractivity contribution in [2.75, 3.05) is 377 Å². The van der Waals surface area contributed by atoms with E-state index in [1.807, 2.05) is 28.2 Å².